The lowest BCUT2D eigenvalue weighted by atomic mass is 10.1. The third kappa shape index (κ3) is 4.42. The van der Waals surface area contributed by atoms with E-state index in [1.165, 1.54) is 23.5 Å². The van der Waals surface area contributed by atoms with E-state index in [1.54, 1.807) is 4.90 Å². The van der Waals surface area contributed by atoms with Gasteiger partial charge in [-0.25, -0.2) is 0 Å². The number of benzene rings is 2. The summed E-state index contributed by atoms with van der Waals surface area (Å²) >= 11 is 1.52. The topological polar surface area (TPSA) is 101 Å². The molecule has 0 aliphatic carbocycles. The molecule has 0 atom stereocenters. The Morgan fingerprint density at radius 2 is 1.75 bits per heavy atom. The van der Waals surface area contributed by atoms with Crippen LogP contribution in [-0.2, 0) is 17.8 Å². The summed E-state index contributed by atoms with van der Waals surface area (Å²) in [6, 6.07) is 17.1. The van der Waals surface area contributed by atoms with E-state index in [-0.39, 0.29) is 22.7 Å². The van der Waals surface area contributed by atoms with E-state index in [2.05, 4.69) is 0 Å². The van der Waals surface area contributed by atoms with Crippen molar-refractivity contribution in [3.63, 3.8) is 0 Å². The van der Waals surface area contributed by atoms with Crippen molar-refractivity contribution < 1.29 is 19.3 Å². The second-order valence-corrected chi connectivity index (χ2v) is 8.35. The molecule has 0 unspecified atom stereocenters. The average Bonchev–Trinajstić information content (AvgIpc) is 3.39. The van der Waals surface area contributed by atoms with Gasteiger partial charge in [0.25, 0.3) is 17.5 Å². The molecule has 0 bridgehead atoms. The number of fused-ring (bicyclic) bond motifs is 1. The van der Waals surface area contributed by atoms with E-state index >= 15 is 0 Å². The van der Waals surface area contributed by atoms with Crippen LogP contribution in [0.4, 0.5) is 5.69 Å². The Kier molecular flexibility index (Phi) is 6.09. The molecule has 1 aliphatic heterocycles. The highest BCUT2D eigenvalue weighted by atomic mass is 32.1. The normalized spacial score (nSPS) is 12.7. The fraction of sp³-hybridized carbons (Fsp3) is 0.174. The summed E-state index contributed by atoms with van der Waals surface area (Å²) in [5.74, 6) is -1.67. The molecule has 0 fully saturated rings. The van der Waals surface area contributed by atoms with E-state index in [9.17, 15) is 24.5 Å². The van der Waals surface area contributed by atoms with Crippen LogP contribution in [0.3, 0.4) is 0 Å². The Hall–Kier alpha value is -3.85. The quantitative estimate of drug-likeness (QED) is 0.298. The third-order valence-corrected chi connectivity index (χ3v) is 6.11. The Labute approximate surface area is 187 Å². The van der Waals surface area contributed by atoms with Crippen LogP contribution in [0.15, 0.2) is 66.0 Å². The summed E-state index contributed by atoms with van der Waals surface area (Å²) in [6.07, 6.45) is 0.631. The summed E-state index contributed by atoms with van der Waals surface area (Å²) in [4.78, 5) is 52.5. The van der Waals surface area contributed by atoms with Gasteiger partial charge in [-0.1, -0.05) is 36.4 Å². The second kappa shape index (κ2) is 9.11. The predicted octanol–water partition coefficient (Wildman–Crippen LogP) is 3.52. The number of imide groups is 1. The van der Waals surface area contributed by atoms with E-state index in [0.29, 0.717) is 19.5 Å². The molecule has 0 radical (unpaired) electrons. The number of non-ortho nitro benzene ring substituents is 1. The lowest BCUT2D eigenvalue weighted by molar-refractivity contribution is -0.384. The van der Waals surface area contributed by atoms with Crippen molar-refractivity contribution in [2.75, 3.05) is 13.1 Å². The van der Waals surface area contributed by atoms with Gasteiger partial charge in [0, 0.05) is 23.6 Å². The Morgan fingerprint density at radius 1 is 1.00 bits per heavy atom. The monoisotopic (exact) mass is 449 g/mol. The zero-order chi connectivity index (χ0) is 22.7. The van der Waals surface area contributed by atoms with Crippen molar-refractivity contribution in [1.82, 2.24) is 9.80 Å². The largest absolute Gasteiger partial charge is 0.336 e. The number of hydrogen-bond acceptors (Lipinski definition) is 6. The lowest BCUT2D eigenvalue weighted by Crippen LogP contribution is -2.43. The number of carbonyl (C=O) groups excluding carboxylic acids is 3. The molecular weight excluding hydrogens is 430 g/mol. The van der Waals surface area contributed by atoms with Gasteiger partial charge in [-0.3, -0.25) is 29.4 Å². The van der Waals surface area contributed by atoms with E-state index in [0.717, 1.165) is 21.4 Å². The minimum absolute atomic E-state index is 0.0499. The molecule has 4 rings (SSSR count). The van der Waals surface area contributed by atoms with Crippen molar-refractivity contribution in [1.29, 1.82) is 0 Å². The van der Waals surface area contributed by atoms with Crippen LogP contribution in [0.5, 0.6) is 0 Å². The van der Waals surface area contributed by atoms with Crippen LogP contribution >= 0.6 is 11.3 Å². The highest BCUT2D eigenvalue weighted by Crippen LogP contribution is 2.27. The summed E-state index contributed by atoms with van der Waals surface area (Å²) in [6.45, 7) is 0.383. The van der Waals surface area contributed by atoms with Crippen molar-refractivity contribution in [3.8, 4) is 0 Å². The van der Waals surface area contributed by atoms with Crippen LogP contribution in [0.25, 0.3) is 0 Å². The van der Waals surface area contributed by atoms with Crippen molar-refractivity contribution in [2.24, 2.45) is 0 Å². The first-order valence-corrected chi connectivity index (χ1v) is 10.8. The molecule has 2 heterocycles. The SMILES string of the molecule is O=C(CN1C(=O)c2ccc([N+](=O)[O-])cc2C1=O)N(CCc1ccccc1)Cc1cccs1. The first-order valence-electron chi connectivity index (χ1n) is 9.93. The van der Waals surface area contributed by atoms with E-state index in [1.807, 2.05) is 47.8 Å². The van der Waals surface area contributed by atoms with E-state index in [4.69, 9.17) is 0 Å². The van der Waals surface area contributed by atoms with Crippen LogP contribution in [-0.4, -0.2) is 45.5 Å². The molecule has 0 saturated heterocycles. The molecule has 162 valence electrons. The van der Waals surface area contributed by atoms with Gasteiger partial charge in [-0.15, -0.1) is 11.3 Å². The van der Waals surface area contributed by atoms with Gasteiger partial charge in [0.15, 0.2) is 0 Å². The zero-order valence-corrected chi connectivity index (χ0v) is 17.8. The molecule has 1 aromatic heterocycles. The molecule has 8 nitrogen and oxygen atoms in total. The van der Waals surface area contributed by atoms with Gasteiger partial charge in [0.05, 0.1) is 22.6 Å². The second-order valence-electron chi connectivity index (χ2n) is 7.31. The lowest BCUT2D eigenvalue weighted by Gasteiger charge is -2.24. The molecule has 0 N–H and O–H groups in total. The number of amides is 3. The van der Waals surface area contributed by atoms with Crippen molar-refractivity contribution >= 4 is 34.7 Å². The Balaban J connectivity index is 1.51. The van der Waals surface area contributed by atoms with Crippen molar-refractivity contribution in [2.45, 2.75) is 13.0 Å². The molecule has 9 heteroatoms. The van der Waals surface area contributed by atoms with Gasteiger partial charge < -0.3 is 4.90 Å². The van der Waals surface area contributed by atoms with E-state index < -0.39 is 23.3 Å². The Bertz CT molecular complexity index is 1180. The number of rotatable bonds is 8. The molecule has 0 saturated carbocycles. The molecular formula is C23H19N3O5S. The minimum atomic E-state index is -0.693. The van der Waals surface area contributed by atoms with Crippen LogP contribution in [0.2, 0.25) is 0 Å². The summed E-state index contributed by atoms with van der Waals surface area (Å²) in [5, 5.41) is 12.9. The molecule has 32 heavy (non-hydrogen) atoms. The third-order valence-electron chi connectivity index (χ3n) is 5.25. The number of hydrogen-bond donors (Lipinski definition) is 0. The maximum atomic E-state index is 13.1. The standard InChI is InChI=1S/C23H19N3O5S/c27-21(15-25-22(28)19-9-8-17(26(30)31)13-20(19)23(25)29)24(14-18-7-4-12-32-18)11-10-16-5-2-1-3-6-16/h1-9,12-13H,10-11,14-15H2. The first kappa shape index (κ1) is 21.4. The molecule has 3 amide bonds. The number of nitrogens with zero attached hydrogens (tertiary/aromatic N) is 3. The summed E-state index contributed by atoms with van der Waals surface area (Å²) in [5.41, 5.74) is 0.818. The maximum Gasteiger partial charge on any atom is 0.270 e. The van der Waals surface area contributed by atoms with Gasteiger partial charge in [-0.05, 0) is 29.5 Å². The average molecular weight is 449 g/mol. The van der Waals surface area contributed by atoms with Crippen LogP contribution in [0.1, 0.15) is 31.2 Å². The fourth-order valence-electron chi connectivity index (χ4n) is 3.56. The van der Waals surface area contributed by atoms with Crippen molar-refractivity contribution in [3.05, 3.63) is 97.7 Å². The molecule has 2 aromatic carbocycles. The van der Waals surface area contributed by atoms with Gasteiger partial charge in [-0.2, -0.15) is 0 Å². The molecule has 1 aliphatic rings. The number of carbonyl (C=O) groups is 3. The highest BCUT2D eigenvalue weighted by Gasteiger charge is 2.38. The Morgan fingerprint density at radius 3 is 2.44 bits per heavy atom. The first-order chi connectivity index (χ1) is 15.4. The number of nitro groups is 1. The fourth-order valence-corrected chi connectivity index (χ4v) is 4.28. The minimum Gasteiger partial charge on any atom is -0.336 e. The smallest absolute Gasteiger partial charge is 0.270 e. The van der Waals surface area contributed by atoms with Gasteiger partial charge in [0.2, 0.25) is 5.91 Å². The number of thiophene rings is 1. The molecule has 3 aromatic rings. The summed E-state index contributed by atoms with van der Waals surface area (Å²) in [7, 11) is 0. The number of nitro benzene ring substituents is 1. The zero-order valence-electron chi connectivity index (χ0n) is 17.0. The van der Waals surface area contributed by atoms with Gasteiger partial charge in [0.1, 0.15) is 6.54 Å². The van der Waals surface area contributed by atoms with Crippen LogP contribution < -0.4 is 0 Å². The predicted molar refractivity (Wildman–Crippen MR) is 118 cm³/mol. The van der Waals surface area contributed by atoms with Gasteiger partial charge >= 0.3 is 0 Å². The highest BCUT2D eigenvalue weighted by molar-refractivity contribution is 7.09. The van der Waals surface area contributed by atoms with Crippen LogP contribution in [0, 0.1) is 10.1 Å². The maximum absolute atomic E-state index is 13.1. The molecule has 0 spiro atoms. The summed E-state index contributed by atoms with van der Waals surface area (Å²) < 4.78 is 0.